The highest BCUT2D eigenvalue weighted by atomic mass is 35.5. The van der Waals surface area contributed by atoms with Crippen molar-refractivity contribution >= 4 is 23.2 Å². The molecule has 1 amide bonds. The molecule has 0 radical (unpaired) electrons. The molecule has 19 heavy (non-hydrogen) atoms. The number of benzene rings is 1. The van der Waals surface area contributed by atoms with Gasteiger partial charge in [-0.3, -0.25) is 4.79 Å². The second kappa shape index (κ2) is 5.22. The summed E-state index contributed by atoms with van der Waals surface area (Å²) >= 11 is 5.81. The maximum atomic E-state index is 11.9. The molecular weight excluding hydrogens is 260 g/mol. The van der Waals surface area contributed by atoms with E-state index in [2.05, 4.69) is 6.07 Å². The lowest BCUT2D eigenvalue weighted by atomic mass is 9.86. The van der Waals surface area contributed by atoms with E-state index in [1.54, 1.807) is 4.90 Å². The van der Waals surface area contributed by atoms with Gasteiger partial charge in [-0.1, -0.05) is 12.1 Å². The minimum absolute atomic E-state index is 0.123. The van der Waals surface area contributed by atoms with Gasteiger partial charge in [0.25, 0.3) is 0 Å². The Labute approximate surface area is 118 Å². The Morgan fingerprint density at radius 2 is 2.05 bits per heavy atom. The zero-order valence-electron chi connectivity index (χ0n) is 11.2. The van der Waals surface area contributed by atoms with E-state index in [4.69, 9.17) is 16.9 Å². The Morgan fingerprint density at radius 1 is 1.42 bits per heavy atom. The maximum Gasteiger partial charge on any atom is 0.227 e. The van der Waals surface area contributed by atoms with Crippen LogP contribution in [0.3, 0.4) is 0 Å². The molecule has 0 N–H and O–H groups in total. The summed E-state index contributed by atoms with van der Waals surface area (Å²) in [6, 6.07) is 9.92. The van der Waals surface area contributed by atoms with Crippen molar-refractivity contribution in [3.63, 3.8) is 0 Å². The van der Waals surface area contributed by atoms with E-state index in [1.807, 2.05) is 38.1 Å². The molecule has 0 aliphatic carbocycles. The quantitative estimate of drug-likeness (QED) is 0.797. The van der Waals surface area contributed by atoms with Gasteiger partial charge in [-0.15, -0.1) is 11.6 Å². The van der Waals surface area contributed by atoms with Crippen LogP contribution >= 0.6 is 11.6 Å². The Hall–Kier alpha value is -1.53. The second-order valence-corrected chi connectivity index (χ2v) is 5.82. The fourth-order valence-electron chi connectivity index (χ4n) is 2.26. The number of carbonyl (C=O) groups is 1. The lowest BCUT2D eigenvalue weighted by Gasteiger charge is -2.20. The van der Waals surface area contributed by atoms with Crippen LogP contribution in [0.1, 0.15) is 25.8 Å². The minimum Gasteiger partial charge on any atom is -0.312 e. The highest BCUT2D eigenvalue weighted by molar-refractivity contribution is 6.18. The first-order valence-electron chi connectivity index (χ1n) is 6.36. The lowest BCUT2D eigenvalue weighted by molar-refractivity contribution is -0.117. The molecule has 1 fully saturated rings. The van der Waals surface area contributed by atoms with Gasteiger partial charge in [-0.2, -0.15) is 5.26 Å². The highest BCUT2D eigenvalue weighted by Crippen LogP contribution is 2.28. The van der Waals surface area contributed by atoms with Gasteiger partial charge in [-0.25, -0.2) is 0 Å². The normalized spacial score (nSPS) is 19.6. The molecule has 1 aromatic carbocycles. The monoisotopic (exact) mass is 276 g/mol. The number of carbonyl (C=O) groups excluding carboxylic acids is 1. The molecule has 0 aromatic heterocycles. The van der Waals surface area contributed by atoms with Gasteiger partial charge in [0.1, 0.15) is 0 Å². The Kier molecular flexibility index (Phi) is 3.82. The van der Waals surface area contributed by atoms with Crippen LogP contribution in [0, 0.1) is 17.2 Å². The minimum atomic E-state index is -0.508. The molecule has 1 aromatic rings. The van der Waals surface area contributed by atoms with E-state index in [9.17, 15) is 4.79 Å². The van der Waals surface area contributed by atoms with Crippen molar-refractivity contribution in [3.8, 4) is 6.07 Å². The van der Waals surface area contributed by atoms with Crippen LogP contribution in [0.25, 0.3) is 0 Å². The summed E-state index contributed by atoms with van der Waals surface area (Å²) in [7, 11) is 0. The van der Waals surface area contributed by atoms with Crippen LogP contribution < -0.4 is 4.90 Å². The van der Waals surface area contributed by atoms with Gasteiger partial charge < -0.3 is 4.90 Å². The predicted octanol–water partition coefficient (Wildman–Crippen LogP) is 3.08. The Morgan fingerprint density at radius 3 is 2.53 bits per heavy atom. The van der Waals surface area contributed by atoms with E-state index in [0.717, 1.165) is 11.3 Å². The summed E-state index contributed by atoms with van der Waals surface area (Å²) in [5, 5.41) is 9.11. The zero-order chi connectivity index (χ0) is 14.0. The molecule has 1 aliphatic heterocycles. The number of nitriles is 1. The van der Waals surface area contributed by atoms with Crippen molar-refractivity contribution in [3.05, 3.63) is 29.8 Å². The van der Waals surface area contributed by atoms with Gasteiger partial charge in [0.2, 0.25) is 5.91 Å². The van der Waals surface area contributed by atoms with Gasteiger partial charge in [-0.05, 0) is 37.5 Å². The summed E-state index contributed by atoms with van der Waals surface area (Å²) in [4.78, 5) is 13.7. The van der Waals surface area contributed by atoms with Crippen LogP contribution in [0.4, 0.5) is 5.69 Å². The largest absolute Gasteiger partial charge is 0.312 e. The summed E-state index contributed by atoms with van der Waals surface area (Å²) < 4.78 is 0. The van der Waals surface area contributed by atoms with Crippen LogP contribution in [-0.4, -0.2) is 18.3 Å². The van der Waals surface area contributed by atoms with Crippen LogP contribution in [-0.2, 0) is 10.2 Å². The van der Waals surface area contributed by atoms with Crippen LogP contribution in [0.5, 0.6) is 0 Å². The third-order valence-corrected chi connectivity index (χ3v) is 4.04. The molecule has 2 rings (SSSR count). The van der Waals surface area contributed by atoms with Gasteiger partial charge in [0, 0.05) is 24.5 Å². The van der Waals surface area contributed by atoms with E-state index in [-0.39, 0.29) is 11.8 Å². The Balaban J connectivity index is 2.20. The molecule has 3 nitrogen and oxygen atoms in total. The first-order chi connectivity index (χ1) is 8.97. The predicted molar refractivity (Wildman–Crippen MR) is 76.3 cm³/mol. The number of amides is 1. The molecular formula is C15H17ClN2O. The van der Waals surface area contributed by atoms with Gasteiger partial charge >= 0.3 is 0 Å². The molecule has 1 heterocycles. The SMILES string of the molecule is CC(C)(C#N)c1ccc(N2CC(CCl)CC2=O)cc1. The third kappa shape index (κ3) is 2.74. The Bertz CT molecular complexity index is 516. The second-order valence-electron chi connectivity index (χ2n) is 5.51. The van der Waals surface area contributed by atoms with Crippen LogP contribution in [0.2, 0.25) is 0 Å². The molecule has 1 unspecified atom stereocenters. The standard InChI is InChI=1S/C15H17ClN2O/c1-15(2,10-17)12-3-5-13(6-4-12)18-9-11(8-16)7-14(18)19/h3-6,11H,7-9H2,1-2H3. The number of nitrogens with zero attached hydrogens (tertiary/aromatic N) is 2. The average molecular weight is 277 g/mol. The number of hydrogen-bond donors (Lipinski definition) is 0. The summed E-state index contributed by atoms with van der Waals surface area (Å²) in [6.07, 6.45) is 0.523. The lowest BCUT2D eigenvalue weighted by Crippen LogP contribution is -2.24. The number of alkyl halides is 1. The van der Waals surface area contributed by atoms with Crippen molar-refractivity contribution < 1.29 is 4.79 Å². The molecule has 100 valence electrons. The third-order valence-electron chi connectivity index (χ3n) is 3.60. The van der Waals surface area contributed by atoms with Crippen molar-refractivity contribution in [1.29, 1.82) is 5.26 Å². The molecule has 1 aliphatic rings. The maximum absolute atomic E-state index is 11.9. The number of hydrogen-bond acceptors (Lipinski definition) is 2. The molecule has 0 saturated carbocycles. The van der Waals surface area contributed by atoms with Crippen molar-refractivity contribution in [2.75, 3.05) is 17.3 Å². The number of rotatable bonds is 3. The van der Waals surface area contributed by atoms with E-state index in [0.29, 0.717) is 18.8 Å². The molecule has 0 spiro atoms. The topological polar surface area (TPSA) is 44.1 Å². The summed E-state index contributed by atoms with van der Waals surface area (Å²) in [6.45, 7) is 4.45. The molecule has 1 saturated heterocycles. The average Bonchev–Trinajstić information content (AvgIpc) is 2.80. The molecule has 0 bridgehead atoms. The van der Waals surface area contributed by atoms with E-state index >= 15 is 0 Å². The fourth-order valence-corrected chi connectivity index (χ4v) is 2.46. The van der Waals surface area contributed by atoms with Gasteiger partial charge in [0.05, 0.1) is 11.5 Å². The first kappa shape index (κ1) is 13.9. The van der Waals surface area contributed by atoms with Crippen LogP contribution in [0.15, 0.2) is 24.3 Å². The van der Waals surface area contributed by atoms with E-state index in [1.165, 1.54) is 0 Å². The zero-order valence-corrected chi connectivity index (χ0v) is 11.9. The summed E-state index contributed by atoms with van der Waals surface area (Å²) in [5.41, 5.74) is 1.33. The number of halogens is 1. The summed E-state index contributed by atoms with van der Waals surface area (Å²) in [5.74, 6) is 0.879. The van der Waals surface area contributed by atoms with Crippen molar-refractivity contribution in [2.24, 2.45) is 5.92 Å². The van der Waals surface area contributed by atoms with Crippen molar-refractivity contribution in [2.45, 2.75) is 25.7 Å². The van der Waals surface area contributed by atoms with Crippen molar-refractivity contribution in [1.82, 2.24) is 0 Å². The highest BCUT2D eigenvalue weighted by Gasteiger charge is 2.30. The molecule has 1 atom stereocenters. The van der Waals surface area contributed by atoms with Gasteiger partial charge in [0.15, 0.2) is 0 Å². The molecule has 4 heteroatoms. The smallest absolute Gasteiger partial charge is 0.227 e. The van der Waals surface area contributed by atoms with E-state index < -0.39 is 5.41 Å². The number of anilines is 1. The fraction of sp³-hybridized carbons (Fsp3) is 0.467. The first-order valence-corrected chi connectivity index (χ1v) is 6.89.